The van der Waals surface area contributed by atoms with Crippen LogP contribution in [0.1, 0.15) is 33.1 Å². The highest BCUT2D eigenvalue weighted by molar-refractivity contribution is 6.15. The Hall–Kier alpha value is -0.0151. The van der Waals surface area contributed by atoms with Crippen molar-refractivity contribution in [2.45, 2.75) is 38.4 Å². The van der Waals surface area contributed by atoms with Crippen LogP contribution in [0.2, 0.25) is 5.31 Å². The lowest BCUT2D eigenvalue weighted by atomic mass is 9.59. The molecule has 1 saturated heterocycles. The molecule has 0 aromatic heterocycles. The van der Waals surface area contributed by atoms with Gasteiger partial charge in [-0.15, -0.1) is 0 Å². The summed E-state index contributed by atoms with van der Waals surface area (Å²) in [6.07, 6.45) is 3.68. The summed E-state index contributed by atoms with van der Waals surface area (Å²) in [5, 5.41) is 0.415. The Morgan fingerprint density at radius 3 is 2.75 bits per heavy atom. The van der Waals surface area contributed by atoms with Crippen molar-refractivity contribution in [2.24, 2.45) is 5.92 Å². The number of hydrogen-bond donors (Lipinski definition) is 0. The van der Waals surface area contributed by atoms with E-state index in [0.717, 1.165) is 19.6 Å². The fourth-order valence-electron chi connectivity index (χ4n) is 1.93. The predicted octanol–water partition coefficient (Wildman–Crippen LogP) is 1.57. The smallest absolute Gasteiger partial charge is 0.109 e. The van der Waals surface area contributed by atoms with Crippen LogP contribution in [-0.4, -0.2) is 21.1 Å². The van der Waals surface area contributed by atoms with Gasteiger partial charge in [0.25, 0.3) is 0 Å². The van der Waals surface area contributed by atoms with Crippen LogP contribution < -0.4 is 0 Å². The topological polar surface area (TPSA) is 18.5 Å². The average molecular weight is 170 g/mol. The highest BCUT2D eigenvalue weighted by atomic mass is 17.2. The molecule has 1 fully saturated rings. The maximum atomic E-state index is 5.01. The Labute approximate surface area is 76.0 Å². The van der Waals surface area contributed by atoms with Crippen LogP contribution in [0, 0.1) is 5.92 Å². The molecule has 1 heterocycles. The van der Waals surface area contributed by atoms with Gasteiger partial charge in [0.1, 0.15) is 7.85 Å². The van der Waals surface area contributed by atoms with Gasteiger partial charge in [-0.1, -0.05) is 32.0 Å². The van der Waals surface area contributed by atoms with Gasteiger partial charge in [-0.25, -0.2) is 9.78 Å². The molecule has 0 bridgehead atoms. The lowest BCUT2D eigenvalue weighted by molar-refractivity contribution is -0.326. The molecule has 0 aromatic carbocycles. The summed E-state index contributed by atoms with van der Waals surface area (Å²) in [6, 6.07) is 0. The highest BCUT2D eigenvalue weighted by Crippen LogP contribution is 2.39. The quantitative estimate of drug-likeness (QED) is 0.472. The standard InChI is InChI=1S/C9H19BO2/c1-3-5-9(2,10)8-4-6-11-12-7-8/h8H,3-7,10H2,1-2H3. The van der Waals surface area contributed by atoms with Crippen molar-refractivity contribution in [1.82, 2.24) is 0 Å². The second kappa shape index (κ2) is 4.29. The van der Waals surface area contributed by atoms with Crippen molar-refractivity contribution in [3.8, 4) is 0 Å². The molecule has 0 amide bonds. The van der Waals surface area contributed by atoms with E-state index in [1.165, 1.54) is 12.8 Å². The Bertz CT molecular complexity index is 130. The van der Waals surface area contributed by atoms with Crippen LogP contribution in [0.4, 0.5) is 0 Å². The van der Waals surface area contributed by atoms with Crippen molar-refractivity contribution in [3.05, 3.63) is 0 Å². The summed E-state index contributed by atoms with van der Waals surface area (Å²) >= 11 is 0. The molecule has 0 radical (unpaired) electrons. The van der Waals surface area contributed by atoms with E-state index in [9.17, 15) is 0 Å². The lowest BCUT2D eigenvalue weighted by Crippen LogP contribution is -2.30. The largest absolute Gasteiger partial charge is 0.237 e. The molecule has 12 heavy (non-hydrogen) atoms. The van der Waals surface area contributed by atoms with Crippen LogP contribution in [0.25, 0.3) is 0 Å². The molecule has 0 aromatic rings. The Balaban J connectivity index is 2.41. The Morgan fingerprint density at radius 2 is 2.25 bits per heavy atom. The molecule has 0 N–H and O–H groups in total. The second-order valence-corrected chi connectivity index (χ2v) is 4.33. The number of hydrogen-bond acceptors (Lipinski definition) is 2. The SMILES string of the molecule is BC(C)(CCC)C1CCOOC1. The first-order valence-corrected chi connectivity index (χ1v) is 4.91. The van der Waals surface area contributed by atoms with E-state index in [4.69, 9.17) is 9.78 Å². The molecule has 2 atom stereocenters. The van der Waals surface area contributed by atoms with Gasteiger partial charge >= 0.3 is 0 Å². The summed E-state index contributed by atoms with van der Waals surface area (Å²) in [5.74, 6) is 0.672. The fourth-order valence-corrected chi connectivity index (χ4v) is 1.93. The van der Waals surface area contributed by atoms with Gasteiger partial charge in [-0.05, 0) is 12.3 Å². The van der Waals surface area contributed by atoms with Crippen LogP contribution in [0.5, 0.6) is 0 Å². The molecule has 0 aliphatic carbocycles. The molecular formula is C9H19BO2. The van der Waals surface area contributed by atoms with Gasteiger partial charge in [-0.3, -0.25) is 0 Å². The lowest BCUT2D eigenvalue weighted by Gasteiger charge is -2.36. The zero-order valence-electron chi connectivity index (χ0n) is 8.43. The van der Waals surface area contributed by atoms with Crippen LogP contribution in [0.15, 0.2) is 0 Å². The maximum absolute atomic E-state index is 5.01. The molecule has 3 heteroatoms. The average Bonchev–Trinajstić information content (AvgIpc) is 2.06. The third-order valence-electron chi connectivity index (χ3n) is 2.90. The molecular weight excluding hydrogens is 151 g/mol. The summed E-state index contributed by atoms with van der Waals surface area (Å²) < 4.78 is 0. The van der Waals surface area contributed by atoms with Crippen molar-refractivity contribution < 1.29 is 9.78 Å². The van der Waals surface area contributed by atoms with Gasteiger partial charge in [0, 0.05) is 0 Å². The number of rotatable bonds is 3. The summed E-state index contributed by atoms with van der Waals surface area (Å²) in [7, 11) is 2.33. The van der Waals surface area contributed by atoms with Crippen molar-refractivity contribution in [1.29, 1.82) is 0 Å². The van der Waals surface area contributed by atoms with Crippen molar-refractivity contribution >= 4 is 7.85 Å². The zero-order chi connectivity index (χ0) is 9.03. The first-order valence-electron chi connectivity index (χ1n) is 4.91. The van der Waals surface area contributed by atoms with E-state index in [0.29, 0.717) is 11.2 Å². The fraction of sp³-hybridized carbons (Fsp3) is 1.00. The molecule has 0 saturated carbocycles. The predicted molar refractivity (Wildman–Crippen MR) is 51.8 cm³/mol. The van der Waals surface area contributed by atoms with Gasteiger partial charge in [-0.2, -0.15) is 0 Å². The minimum Gasteiger partial charge on any atom is -0.237 e. The third-order valence-corrected chi connectivity index (χ3v) is 2.90. The molecule has 2 unspecified atom stereocenters. The summed E-state index contributed by atoms with van der Waals surface area (Å²) in [6.45, 7) is 6.10. The van der Waals surface area contributed by atoms with Gasteiger partial charge in [0.05, 0.1) is 13.2 Å². The van der Waals surface area contributed by atoms with Gasteiger partial charge in [0.2, 0.25) is 0 Å². The van der Waals surface area contributed by atoms with Crippen molar-refractivity contribution in [2.75, 3.05) is 13.2 Å². The monoisotopic (exact) mass is 170 g/mol. The van der Waals surface area contributed by atoms with Gasteiger partial charge in [0.15, 0.2) is 0 Å². The van der Waals surface area contributed by atoms with E-state index in [2.05, 4.69) is 21.7 Å². The van der Waals surface area contributed by atoms with E-state index in [-0.39, 0.29) is 0 Å². The molecule has 2 nitrogen and oxygen atoms in total. The Kier molecular flexibility index (Phi) is 3.60. The van der Waals surface area contributed by atoms with E-state index < -0.39 is 0 Å². The van der Waals surface area contributed by atoms with Crippen LogP contribution in [0.3, 0.4) is 0 Å². The maximum Gasteiger partial charge on any atom is 0.109 e. The van der Waals surface area contributed by atoms with Crippen molar-refractivity contribution in [3.63, 3.8) is 0 Å². The Morgan fingerprint density at radius 1 is 1.50 bits per heavy atom. The highest BCUT2D eigenvalue weighted by Gasteiger charge is 2.30. The molecule has 0 spiro atoms. The molecule has 1 aliphatic heterocycles. The molecule has 1 rings (SSSR count). The van der Waals surface area contributed by atoms with Crippen LogP contribution in [-0.2, 0) is 9.78 Å². The first kappa shape index (κ1) is 10.1. The second-order valence-electron chi connectivity index (χ2n) is 4.33. The van der Waals surface area contributed by atoms with E-state index >= 15 is 0 Å². The minimum atomic E-state index is 0.415. The van der Waals surface area contributed by atoms with E-state index in [1.807, 2.05) is 0 Å². The summed E-state index contributed by atoms with van der Waals surface area (Å²) in [5.41, 5.74) is 0. The zero-order valence-corrected chi connectivity index (χ0v) is 8.43. The van der Waals surface area contributed by atoms with Crippen LogP contribution >= 0.6 is 0 Å². The normalized spacial score (nSPS) is 29.7. The molecule has 1 aliphatic rings. The van der Waals surface area contributed by atoms with E-state index in [1.54, 1.807) is 0 Å². The summed E-state index contributed by atoms with van der Waals surface area (Å²) in [4.78, 5) is 9.89. The van der Waals surface area contributed by atoms with Gasteiger partial charge < -0.3 is 0 Å². The third kappa shape index (κ3) is 2.49. The molecule has 70 valence electrons. The first-order chi connectivity index (χ1) is 5.67. The minimum absolute atomic E-state index is 0.415.